The van der Waals surface area contributed by atoms with Gasteiger partial charge in [0.2, 0.25) is 5.88 Å². The molecule has 0 saturated heterocycles. The second-order valence-electron chi connectivity index (χ2n) is 2.92. The Labute approximate surface area is 95.1 Å². The zero-order chi connectivity index (χ0) is 12.3. The van der Waals surface area contributed by atoms with Crippen LogP contribution in [0.15, 0.2) is 6.07 Å². The largest absolute Gasteiger partial charge is 0.573 e. The highest BCUT2D eigenvalue weighted by atomic mass is 35.5. The molecule has 0 radical (unpaired) electrons. The van der Waals surface area contributed by atoms with Crippen LogP contribution in [-0.2, 0) is 5.88 Å². The molecule has 0 aliphatic heterocycles. The zero-order valence-electron chi connectivity index (χ0n) is 8.56. The van der Waals surface area contributed by atoms with Gasteiger partial charge in [0.25, 0.3) is 0 Å². The fraction of sp³-hybridized carbons (Fsp3) is 0.444. The first-order chi connectivity index (χ1) is 7.37. The molecule has 0 unspecified atom stereocenters. The number of aryl methyl sites for hydroxylation is 1. The molecule has 0 aliphatic carbocycles. The summed E-state index contributed by atoms with van der Waals surface area (Å²) >= 11 is 5.53. The lowest BCUT2D eigenvalue weighted by molar-refractivity contribution is -0.275. The maximum Gasteiger partial charge on any atom is 0.573 e. The molecule has 0 atom stereocenters. The Balaban J connectivity index is 3.16. The predicted octanol–water partition coefficient (Wildman–Crippen LogP) is 3.04. The summed E-state index contributed by atoms with van der Waals surface area (Å²) in [6.07, 6.45) is -4.76. The van der Waals surface area contributed by atoms with Gasteiger partial charge in [-0.15, -0.1) is 24.8 Å². The van der Waals surface area contributed by atoms with Gasteiger partial charge in [0.1, 0.15) is 0 Å². The highest BCUT2D eigenvalue weighted by Crippen LogP contribution is 2.32. The molecule has 7 heteroatoms. The van der Waals surface area contributed by atoms with E-state index in [2.05, 4.69) is 9.72 Å². The van der Waals surface area contributed by atoms with E-state index in [-0.39, 0.29) is 28.8 Å². The molecule has 1 rings (SSSR count). The third kappa shape index (κ3) is 3.16. The zero-order valence-corrected chi connectivity index (χ0v) is 9.32. The Morgan fingerprint density at radius 3 is 2.50 bits per heavy atom. The molecule has 0 aromatic carbocycles. The van der Waals surface area contributed by atoms with Crippen LogP contribution in [0.5, 0.6) is 11.6 Å². The molecular weight excluding hydrogens is 247 g/mol. The van der Waals surface area contributed by atoms with Gasteiger partial charge in [0, 0.05) is 11.6 Å². The normalized spacial score (nSPS) is 11.4. The first-order valence-electron chi connectivity index (χ1n) is 4.23. The minimum absolute atomic E-state index is 0.0762. The second kappa shape index (κ2) is 4.78. The summed E-state index contributed by atoms with van der Waals surface area (Å²) in [6.45, 7) is 1.39. The number of halogens is 4. The quantitative estimate of drug-likeness (QED) is 0.778. The van der Waals surface area contributed by atoms with E-state index in [1.807, 2.05) is 0 Å². The number of alkyl halides is 4. The van der Waals surface area contributed by atoms with Gasteiger partial charge in [0.15, 0.2) is 5.75 Å². The molecule has 0 fully saturated rings. The molecule has 1 aromatic rings. The SMILES string of the molecule is COc1cc(CCl)c(OC(F)(F)F)c(C)n1. The van der Waals surface area contributed by atoms with Crippen LogP contribution in [0, 0.1) is 6.92 Å². The molecule has 0 N–H and O–H groups in total. The number of hydrogen-bond donors (Lipinski definition) is 0. The number of ether oxygens (including phenoxy) is 2. The lowest BCUT2D eigenvalue weighted by Crippen LogP contribution is -2.19. The minimum atomic E-state index is -4.76. The van der Waals surface area contributed by atoms with Crippen molar-refractivity contribution in [3.63, 3.8) is 0 Å². The Hall–Kier alpha value is -1.17. The Morgan fingerprint density at radius 2 is 2.06 bits per heavy atom. The smallest absolute Gasteiger partial charge is 0.481 e. The first kappa shape index (κ1) is 12.9. The minimum Gasteiger partial charge on any atom is -0.481 e. The number of nitrogens with zero attached hydrogens (tertiary/aromatic N) is 1. The average molecular weight is 256 g/mol. The monoisotopic (exact) mass is 255 g/mol. The number of pyridine rings is 1. The molecule has 0 amide bonds. The standard InChI is InChI=1S/C9H9ClF3NO2/c1-5-8(16-9(11,12)13)6(4-10)3-7(14-5)15-2/h3H,4H2,1-2H3. The van der Waals surface area contributed by atoms with Crippen LogP contribution >= 0.6 is 11.6 Å². The molecule has 0 saturated carbocycles. The van der Waals surface area contributed by atoms with Crippen molar-refractivity contribution in [2.75, 3.05) is 7.11 Å². The van der Waals surface area contributed by atoms with Crippen molar-refractivity contribution in [2.45, 2.75) is 19.2 Å². The molecule has 16 heavy (non-hydrogen) atoms. The summed E-state index contributed by atoms with van der Waals surface area (Å²) in [5.74, 6) is -0.295. The Kier molecular flexibility index (Phi) is 3.85. The fourth-order valence-corrected chi connectivity index (χ4v) is 1.35. The number of methoxy groups -OCH3 is 1. The third-order valence-corrected chi connectivity index (χ3v) is 2.05. The van der Waals surface area contributed by atoms with Crippen molar-refractivity contribution >= 4 is 11.6 Å². The lowest BCUT2D eigenvalue weighted by atomic mass is 10.2. The van der Waals surface area contributed by atoms with Crippen LogP contribution in [0.25, 0.3) is 0 Å². The van der Waals surface area contributed by atoms with Gasteiger partial charge in [-0.05, 0) is 6.92 Å². The third-order valence-electron chi connectivity index (χ3n) is 1.77. The molecule has 90 valence electrons. The van der Waals surface area contributed by atoms with E-state index in [1.165, 1.54) is 20.1 Å². The van der Waals surface area contributed by atoms with Gasteiger partial charge < -0.3 is 9.47 Å². The van der Waals surface area contributed by atoms with E-state index in [1.54, 1.807) is 0 Å². The van der Waals surface area contributed by atoms with Crippen LogP contribution in [0.1, 0.15) is 11.3 Å². The summed E-state index contributed by atoms with van der Waals surface area (Å²) in [5.41, 5.74) is 0.260. The van der Waals surface area contributed by atoms with Crippen LogP contribution in [0.2, 0.25) is 0 Å². The molecular formula is C9H9ClF3NO2. The van der Waals surface area contributed by atoms with E-state index in [0.717, 1.165) is 0 Å². The van der Waals surface area contributed by atoms with Gasteiger partial charge >= 0.3 is 6.36 Å². The molecule has 0 aliphatic rings. The van der Waals surface area contributed by atoms with Gasteiger partial charge in [-0.25, -0.2) is 4.98 Å². The lowest BCUT2D eigenvalue weighted by Gasteiger charge is -2.14. The Morgan fingerprint density at radius 1 is 1.44 bits per heavy atom. The highest BCUT2D eigenvalue weighted by Gasteiger charge is 2.33. The number of rotatable bonds is 3. The van der Waals surface area contributed by atoms with Crippen molar-refractivity contribution in [1.29, 1.82) is 0 Å². The maximum absolute atomic E-state index is 12.1. The van der Waals surface area contributed by atoms with Crippen LogP contribution in [0.4, 0.5) is 13.2 Å². The van der Waals surface area contributed by atoms with Gasteiger partial charge in [-0.2, -0.15) is 0 Å². The van der Waals surface area contributed by atoms with Gasteiger partial charge in [0.05, 0.1) is 18.7 Å². The van der Waals surface area contributed by atoms with Crippen molar-refractivity contribution in [1.82, 2.24) is 4.98 Å². The van der Waals surface area contributed by atoms with Crippen LogP contribution in [-0.4, -0.2) is 18.5 Å². The highest BCUT2D eigenvalue weighted by molar-refractivity contribution is 6.17. The average Bonchev–Trinajstić information content (AvgIpc) is 2.19. The molecule has 0 spiro atoms. The maximum atomic E-state index is 12.1. The fourth-order valence-electron chi connectivity index (χ4n) is 1.15. The number of aromatic nitrogens is 1. The molecule has 3 nitrogen and oxygen atoms in total. The van der Waals surface area contributed by atoms with E-state index in [4.69, 9.17) is 16.3 Å². The topological polar surface area (TPSA) is 31.4 Å². The first-order valence-corrected chi connectivity index (χ1v) is 4.77. The van der Waals surface area contributed by atoms with Crippen molar-refractivity contribution in [3.05, 3.63) is 17.3 Å². The van der Waals surface area contributed by atoms with E-state index < -0.39 is 6.36 Å². The predicted molar refractivity (Wildman–Crippen MR) is 51.8 cm³/mol. The van der Waals surface area contributed by atoms with Crippen molar-refractivity contribution < 1.29 is 22.6 Å². The van der Waals surface area contributed by atoms with Crippen molar-refractivity contribution in [3.8, 4) is 11.6 Å². The summed E-state index contributed by atoms with van der Waals surface area (Å²) in [4.78, 5) is 3.78. The summed E-state index contributed by atoms with van der Waals surface area (Å²) < 4.78 is 45.0. The molecule has 1 aromatic heterocycles. The van der Waals surface area contributed by atoms with E-state index in [9.17, 15) is 13.2 Å². The molecule has 0 bridgehead atoms. The van der Waals surface area contributed by atoms with E-state index in [0.29, 0.717) is 0 Å². The van der Waals surface area contributed by atoms with Crippen molar-refractivity contribution in [2.24, 2.45) is 0 Å². The Bertz CT molecular complexity index is 382. The summed E-state index contributed by atoms with van der Waals surface area (Å²) in [5, 5.41) is 0. The number of hydrogen-bond acceptors (Lipinski definition) is 3. The van der Waals surface area contributed by atoms with Gasteiger partial charge in [-0.1, -0.05) is 0 Å². The summed E-state index contributed by atoms with van der Waals surface area (Å²) in [7, 11) is 1.37. The van der Waals surface area contributed by atoms with Crippen LogP contribution < -0.4 is 9.47 Å². The summed E-state index contributed by atoms with van der Waals surface area (Å²) in [6, 6.07) is 1.31. The second-order valence-corrected chi connectivity index (χ2v) is 3.19. The van der Waals surface area contributed by atoms with E-state index >= 15 is 0 Å². The van der Waals surface area contributed by atoms with Gasteiger partial charge in [-0.3, -0.25) is 0 Å². The molecule has 1 heterocycles. The van der Waals surface area contributed by atoms with Crippen LogP contribution in [0.3, 0.4) is 0 Å².